The van der Waals surface area contributed by atoms with E-state index in [0.717, 1.165) is 48.3 Å². The van der Waals surface area contributed by atoms with Crippen LogP contribution in [0.3, 0.4) is 0 Å². The highest BCUT2D eigenvalue weighted by molar-refractivity contribution is 7.98. The Morgan fingerprint density at radius 2 is 1.81 bits per heavy atom. The number of benzene rings is 2. The SMILES string of the molecule is O=C(O)COc1ccc(SCc2cc(-c3ccc(C(F)(F)F)cc3)on2)c2c1CCCC2. The fourth-order valence-corrected chi connectivity index (χ4v) is 4.71. The summed E-state index contributed by atoms with van der Waals surface area (Å²) in [6, 6.07) is 10.2. The highest BCUT2D eigenvalue weighted by atomic mass is 32.2. The smallest absolute Gasteiger partial charge is 0.416 e. The van der Waals surface area contributed by atoms with Crippen molar-refractivity contribution >= 4 is 17.7 Å². The van der Waals surface area contributed by atoms with E-state index in [9.17, 15) is 18.0 Å². The van der Waals surface area contributed by atoms with E-state index in [4.69, 9.17) is 14.4 Å². The van der Waals surface area contributed by atoms with Gasteiger partial charge in [0, 0.05) is 22.3 Å². The van der Waals surface area contributed by atoms with Crippen molar-refractivity contribution in [2.45, 2.75) is 42.5 Å². The summed E-state index contributed by atoms with van der Waals surface area (Å²) in [6.45, 7) is -0.370. The first-order chi connectivity index (χ1) is 15.3. The van der Waals surface area contributed by atoms with Gasteiger partial charge in [0.25, 0.3) is 0 Å². The lowest BCUT2D eigenvalue weighted by Crippen LogP contribution is -2.13. The van der Waals surface area contributed by atoms with E-state index in [-0.39, 0.29) is 6.61 Å². The van der Waals surface area contributed by atoms with Crippen LogP contribution < -0.4 is 4.74 Å². The molecule has 0 aliphatic heterocycles. The number of nitrogens with zero attached hydrogens (tertiary/aromatic N) is 1. The number of halogens is 3. The van der Waals surface area contributed by atoms with E-state index in [1.54, 1.807) is 17.8 Å². The number of alkyl halides is 3. The third-order valence-corrected chi connectivity index (χ3v) is 6.36. The second kappa shape index (κ2) is 9.28. The van der Waals surface area contributed by atoms with Gasteiger partial charge < -0.3 is 14.4 Å². The van der Waals surface area contributed by atoms with Gasteiger partial charge in [-0.05, 0) is 61.1 Å². The number of aromatic nitrogens is 1. The lowest BCUT2D eigenvalue weighted by atomic mass is 9.91. The zero-order chi connectivity index (χ0) is 22.7. The van der Waals surface area contributed by atoms with Gasteiger partial charge in [-0.15, -0.1) is 11.8 Å². The predicted octanol–water partition coefficient (Wildman–Crippen LogP) is 5.99. The van der Waals surface area contributed by atoms with E-state index < -0.39 is 17.7 Å². The summed E-state index contributed by atoms with van der Waals surface area (Å²) >= 11 is 1.59. The number of hydrogen-bond donors (Lipinski definition) is 1. The monoisotopic (exact) mass is 463 g/mol. The summed E-state index contributed by atoms with van der Waals surface area (Å²) < 4.78 is 49.0. The normalized spacial score (nSPS) is 13.6. The average molecular weight is 463 g/mol. The molecule has 1 aliphatic rings. The molecule has 0 bridgehead atoms. The van der Waals surface area contributed by atoms with Crippen LogP contribution in [0.15, 0.2) is 51.9 Å². The van der Waals surface area contributed by atoms with Gasteiger partial charge in [-0.1, -0.05) is 17.3 Å². The molecule has 1 N–H and O–H groups in total. The van der Waals surface area contributed by atoms with E-state index in [1.807, 2.05) is 12.1 Å². The topological polar surface area (TPSA) is 72.6 Å². The van der Waals surface area contributed by atoms with Gasteiger partial charge in [0.1, 0.15) is 5.75 Å². The first-order valence-corrected chi connectivity index (χ1v) is 11.0. The van der Waals surface area contributed by atoms with Crippen LogP contribution in [0.5, 0.6) is 5.75 Å². The number of carbonyl (C=O) groups is 1. The van der Waals surface area contributed by atoms with Crippen molar-refractivity contribution in [3.05, 3.63) is 64.8 Å². The minimum Gasteiger partial charge on any atom is -0.482 e. The van der Waals surface area contributed by atoms with Crippen molar-refractivity contribution in [1.29, 1.82) is 0 Å². The molecule has 0 spiro atoms. The molecule has 0 fully saturated rings. The Bertz CT molecular complexity index is 1110. The van der Waals surface area contributed by atoms with Gasteiger partial charge in [0.15, 0.2) is 12.4 Å². The van der Waals surface area contributed by atoms with Crippen LogP contribution in [0.1, 0.15) is 35.2 Å². The Kier molecular flexibility index (Phi) is 6.45. The quantitative estimate of drug-likeness (QED) is 0.434. The molecule has 0 saturated carbocycles. The Labute approximate surface area is 186 Å². The maximum atomic E-state index is 12.7. The Hall–Kier alpha value is -2.94. The van der Waals surface area contributed by atoms with Crippen molar-refractivity contribution < 1.29 is 32.3 Å². The van der Waals surface area contributed by atoms with E-state index in [2.05, 4.69) is 5.16 Å². The largest absolute Gasteiger partial charge is 0.482 e. The van der Waals surface area contributed by atoms with E-state index in [0.29, 0.717) is 28.5 Å². The number of rotatable bonds is 7. The first-order valence-electron chi connectivity index (χ1n) is 10.1. The number of aliphatic carboxylic acids is 1. The maximum Gasteiger partial charge on any atom is 0.416 e. The highest BCUT2D eigenvalue weighted by Gasteiger charge is 2.30. The van der Waals surface area contributed by atoms with Gasteiger partial charge in [0.05, 0.1) is 11.3 Å². The van der Waals surface area contributed by atoms with Gasteiger partial charge in [-0.2, -0.15) is 13.2 Å². The third kappa shape index (κ3) is 5.09. The van der Waals surface area contributed by atoms with Crippen molar-refractivity contribution in [2.75, 3.05) is 6.61 Å². The Morgan fingerprint density at radius 3 is 2.50 bits per heavy atom. The molecule has 9 heteroatoms. The zero-order valence-corrected chi connectivity index (χ0v) is 17.8. The summed E-state index contributed by atoms with van der Waals surface area (Å²) in [5, 5.41) is 12.9. The zero-order valence-electron chi connectivity index (χ0n) is 16.9. The molecule has 0 amide bonds. The van der Waals surface area contributed by atoms with Crippen molar-refractivity contribution in [3.8, 4) is 17.1 Å². The molecule has 32 heavy (non-hydrogen) atoms. The fraction of sp³-hybridized carbons (Fsp3) is 0.304. The number of thioether (sulfide) groups is 1. The molecule has 0 atom stereocenters. The molecule has 4 rings (SSSR count). The number of fused-ring (bicyclic) bond motifs is 1. The van der Waals surface area contributed by atoms with E-state index >= 15 is 0 Å². The van der Waals surface area contributed by atoms with Crippen LogP contribution in [-0.2, 0) is 29.6 Å². The van der Waals surface area contributed by atoms with Crippen LogP contribution >= 0.6 is 11.8 Å². The summed E-state index contributed by atoms with van der Waals surface area (Å²) in [4.78, 5) is 11.9. The summed E-state index contributed by atoms with van der Waals surface area (Å²) in [6.07, 6.45) is -0.539. The minimum atomic E-state index is -4.38. The standard InChI is InChI=1S/C23H20F3NO4S/c24-23(25,26)15-7-5-14(6-8-15)20-11-16(27-31-20)13-32-21-10-9-19(30-12-22(28)29)17-3-1-2-4-18(17)21/h5-11H,1-4,12-13H2,(H,28,29). The van der Waals surface area contributed by atoms with Crippen molar-refractivity contribution in [2.24, 2.45) is 0 Å². The van der Waals surface area contributed by atoms with E-state index in [1.165, 1.54) is 17.7 Å². The molecule has 0 unspecified atom stereocenters. The third-order valence-electron chi connectivity index (χ3n) is 5.23. The second-order valence-corrected chi connectivity index (χ2v) is 8.47. The second-order valence-electron chi connectivity index (χ2n) is 7.45. The molecule has 2 aromatic carbocycles. The number of carboxylic acids is 1. The maximum absolute atomic E-state index is 12.7. The van der Waals surface area contributed by atoms with Gasteiger partial charge >= 0.3 is 12.1 Å². The molecule has 3 aromatic rings. The number of hydrogen-bond acceptors (Lipinski definition) is 5. The Balaban J connectivity index is 1.46. The summed E-state index contributed by atoms with van der Waals surface area (Å²) in [5.41, 5.74) is 2.74. The summed E-state index contributed by atoms with van der Waals surface area (Å²) in [7, 11) is 0. The van der Waals surface area contributed by atoms with Crippen LogP contribution in [-0.4, -0.2) is 22.8 Å². The molecule has 0 saturated heterocycles. The van der Waals surface area contributed by atoms with Gasteiger partial charge in [-0.3, -0.25) is 0 Å². The van der Waals surface area contributed by atoms with Crippen molar-refractivity contribution in [3.63, 3.8) is 0 Å². The average Bonchev–Trinajstić information content (AvgIpc) is 3.25. The fourth-order valence-electron chi connectivity index (χ4n) is 3.70. The van der Waals surface area contributed by atoms with Crippen LogP contribution in [0, 0.1) is 0 Å². The van der Waals surface area contributed by atoms with Crippen molar-refractivity contribution in [1.82, 2.24) is 5.16 Å². The predicted molar refractivity (Wildman–Crippen MR) is 113 cm³/mol. The molecule has 1 aromatic heterocycles. The van der Waals surface area contributed by atoms with Crippen LogP contribution in [0.25, 0.3) is 11.3 Å². The van der Waals surface area contributed by atoms with Crippen LogP contribution in [0.2, 0.25) is 0 Å². The Morgan fingerprint density at radius 1 is 1.09 bits per heavy atom. The molecule has 1 heterocycles. The molecule has 0 radical (unpaired) electrons. The molecule has 1 aliphatic carbocycles. The first kappa shape index (κ1) is 22.3. The lowest BCUT2D eigenvalue weighted by molar-refractivity contribution is -0.139. The lowest BCUT2D eigenvalue weighted by Gasteiger charge is -2.22. The summed E-state index contributed by atoms with van der Waals surface area (Å²) in [5.74, 6) is 0.556. The number of carboxylic acid groups (broad SMARTS) is 1. The highest BCUT2D eigenvalue weighted by Crippen LogP contribution is 2.38. The molecular weight excluding hydrogens is 443 g/mol. The molecule has 168 valence electrons. The molecular formula is C23H20F3NO4S. The molecule has 5 nitrogen and oxygen atoms in total. The number of ether oxygens (including phenoxy) is 1. The van der Waals surface area contributed by atoms with Gasteiger partial charge in [0.2, 0.25) is 0 Å². The van der Waals surface area contributed by atoms with Crippen LogP contribution in [0.4, 0.5) is 13.2 Å². The minimum absolute atomic E-state index is 0.370. The van der Waals surface area contributed by atoms with Gasteiger partial charge in [-0.25, -0.2) is 4.79 Å².